The van der Waals surface area contributed by atoms with E-state index >= 15 is 0 Å². The van der Waals surface area contributed by atoms with Crippen LogP contribution in [-0.2, 0) is 19.5 Å². The van der Waals surface area contributed by atoms with Gasteiger partial charge in [0, 0.05) is 17.8 Å². The maximum atomic E-state index is 4.68. The molecule has 1 aromatic carbocycles. The van der Waals surface area contributed by atoms with Gasteiger partial charge in [0.1, 0.15) is 0 Å². The molecule has 0 fully saturated rings. The monoisotopic (exact) mass is 271 g/mol. The van der Waals surface area contributed by atoms with Crippen molar-refractivity contribution in [2.45, 2.75) is 47.2 Å². The molecule has 0 unspecified atom stereocenters. The van der Waals surface area contributed by atoms with Gasteiger partial charge in [0.05, 0.1) is 12.2 Å². The van der Waals surface area contributed by atoms with E-state index in [-0.39, 0.29) is 0 Å². The van der Waals surface area contributed by atoms with Gasteiger partial charge in [-0.2, -0.15) is 5.10 Å². The van der Waals surface area contributed by atoms with Crippen LogP contribution in [0.15, 0.2) is 24.3 Å². The first kappa shape index (κ1) is 14.8. The van der Waals surface area contributed by atoms with Crippen LogP contribution >= 0.6 is 0 Å². The van der Waals surface area contributed by atoms with Crippen LogP contribution in [0.1, 0.15) is 41.9 Å². The van der Waals surface area contributed by atoms with Crippen molar-refractivity contribution >= 4 is 0 Å². The molecule has 0 bridgehead atoms. The SMILES string of the molecule is CCNCc1c(C)nn(Cc2ccc(CC)cc2)c1C. The van der Waals surface area contributed by atoms with Gasteiger partial charge >= 0.3 is 0 Å². The fourth-order valence-electron chi connectivity index (χ4n) is 2.45. The van der Waals surface area contributed by atoms with Gasteiger partial charge in [0.15, 0.2) is 0 Å². The third-order valence-electron chi connectivity index (χ3n) is 3.85. The van der Waals surface area contributed by atoms with Crippen molar-refractivity contribution < 1.29 is 0 Å². The molecule has 0 aliphatic rings. The van der Waals surface area contributed by atoms with Crippen molar-refractivity contribution in [3.05, 3.63) is 52.3 Å². The molecule has 2 aromatic rings. The van der Waals surface area contributed by atoms with Crippen LogP contribution in [0.5, 0.6) is 0 Å². The number of rotatable bonds is 6. The molecule has 1 aromatic heterocycles. The van der Waals surface area contributed by atoms with Crippen molar-refractivity contribution in [3.8, 4) is 0 Å². The van der Waals surface area contributed by atoms with Crippen molar-refractivity contribution in [2.75, 3.05) is 6.54 Å². The summed E-state index contributed by atoms with van der Waals surface area (Å²) in [4.78, 5) is 0. The van der Waals surface area contributed by atoms with Gasteiger partial charge in [0.2, 0.25) is 0 Å². The summed E-state index contributed by atoms with van der Waals surface area (Å²) in [7, 11) is 0. The van der Waals surface area contributed by atoms with Gasteiger partial charge in [-0.15, -0.1) is 0 Å². The maximum absolute atomic E-state index is 4.68. The Bertz CT molecular complexity index is 552. The van der Waals surface area contributed by atoms with Crippen LogP contribution in [0.2, 0.25) is 0 Å². The highest BCUT2D eigenvalue weighted by Gasteiger charge is 2.11. The highest BCUT2D eigenvalue weighted by molar-refractivity contribution is 5.27. The molecule has 0 saturated heterocycles. The Balaban J connectivity index is 2.16. The lowest BCUT2D eigenvalue weighted by Crippen LogP contribution is -2.13. The molecule has 2 rings (SSSR count). The first-order chi connectivity index (χ1) is 9.65. The van der Waals surface area contributed by atoms with Crippen LogP contribution in [-0.4, -0.2) is 16.3 Å². The van der Waals surface area contributed by atoms with Crippen LogP contribution in [0.3, 0.4) is 0 Å². The molecule has 0 spiro atoms. The molecule has 0 aliphatic heterocycles. The third kappa shape index (κ3) is 3.28. The van der Waals surface area contributed by atoms with Gasteiger partial charge in [-0.1, -0.05) is 38.1 Å². The average Bonchev–Trinajstić information content (AvgIpc) is 2.72. The lowest BCUT2D eigenvalue weighted by atomic mass is 10.1. The summed E-state index contributed by atoms with van der Waals surface area (Å²) in [5.41, 5.74) is 6.42. The molecule has 0 atom stereocenters. The van der Waals surface area contributed by atoms with E-state index in [9.17, 15) is 0 Å². The predicted octanol–water partition coefficient (Wildman–Crippen LogP) is 3.22. The maximum Gasteiger partial charge on any atom is 0.0662 e. The van der Waals surface area contributed by atoms with Crippen molar-refractivity contribution in [2.24, 2.45) is 0 Å². The van der Waals surface area contributed by atoms with E-state index in [0.29, 0.717) is 0 Å². The minimum Gasteiger partial charge on any atom is -0.313 e. The Morgan fingerprint density at radius 3 is 2.30 bits per heavy atom. The molecule has 0 radical (unpaired) electrons. The highest BCUT2D eigenvalue weighted by Crippen LogP contribution is 2.15. The van der Waals surface area contributed by atoms with Gasteiger partial charge in [-0.05, 0) is 37.9 Å². The van der Waals surface area contributed by atoms with E-state index in [1.807, 2.05) is 0 Å². The molecule has 3 heteroatoms. The fraction of sp³-hybridized carbons (Fsp3) is 0.471. The molecule has 108 valence electrons. The second-order valence-electron chi connectivity index (χ2n) is 5.26. The topological polar surface area (TPSA) is 29.9 Å². The van der Waals surface area contributed by atoms with Crippen molar-refractivity contribution in [1.82, 2.24) is 15.1 Å². The summed E-state index contributed by atoms with van der Waals surface area (Å²) < 4.78 is 2.11. The Morgan fingerprint density at radius 1 is 1.05 bits per heavy atom. The normalized spacial score (nSPS) is 11.0. The molecular weight excluding hydrogens is 246 g/mol. The van der Waals surface area contributed by atoms with Crippen LogP contribution in [0, 0.1) is 13.8 Å². The summed E-state index contributed by atoms with van der Waals surface area (Å²) in [6, 6.07) is 8.83. The van der Waals surface area contributed by atoms with E-state index in [1.165, 1.54) is 22.4 Å². The predicted molar refractivity (Wildman–Crippen MR) is 84.0 cm³/mol. The summed E-state index contributed by atoms with van der Waals surface area (Å²) in [6.07, 6.45) is 1.09. The van der Waals surface area contributed by atoms with Crippen LogP contribution in [0.4, 0.5) is 0 Å². The lowest BCUT2D eigenvalue weighted by Gasteiger charge is -2.07. The van der Waals surface area contributed by atoms with Crippen LogP contribution in [0.25, 0.3) is 0 Å². The quantitative estimate of drug-likeness (QED) is 0.874. The van der Waals surface area contributed by atoms with E-state index in [2.05, 4.69) is 67.1 Å². The molecule has 0 amide bonds. The van der Waals surface area contributed by atoms with E-state index in [0.717, 1.165) is 31.7 Å². The third-order valence-corrected chi connectivity index (χ3v) is 3.85. The van der Waals surface area contributed by atoms with E-state index in [1.54, 1.807) is 0 Å². The zero-order valence-electron chi connectivity index (χ0n) is 13.0. The minimum atomic E-state index is 0.850. The number of hydrogen-bond acceptors (Lipinski definition) is 2. The Morgan fingerprint density at radius 2 is 1.70 bits per heavy atom. The van der Waals surface area contributed by atoms with E-state index < -0.39 is 0 Å². The summed E-state index contributed by atoms with van der Waals surface area (Å²) in [6.45, 7) is 11.3. The van der Waals surface area contributed by atoms with Crippen molar-refractivity contribution in [3.63, 3.8) is 0 Å². The van der Waals surface area contributed by atoms with Gasteiger partial charge in [-0.3, -0.25) is 4.68 Å². The first-order valence-electron chi connectivity index (χ1n) is 7.47. The molecule has 3 nitrogen and oxygen atoms in total. The fourth-order valence-corrected chi connectivity index (χ4v) is 2.45. The molecule has 0 aliphatic carbocycles. The molecule has 1 heterocycles. The largest absolute Gasteiger partial charge is 0.313 e. The summed E-state index contributed by atoms with van der Waals surface area (Å²) in [5, 5.41) is 8.06. The summed E-state index contributed by atoms with van der Waals surface area (Å²) in [5.74, 6) is 0. The summed E-state index contributed by atoms with van der Waals surface area (Å²) >= 11 is 0. The highest BCUT2D eigenvalue weighted by atomic mass is 15.3. The average molecular weight is 271 g/mol. The number of aryl methyl sites for hydroxylation is 2. The second-order valence-corrected chi connectivity index (χ2v) is 5.26. The van der Waals surface area contributed by atoms with Crippen molar-refractivity contribution in [1.29, 1.82) is 0 Å². The molecular formula is C17H25N3. The lowest BCUT2D eigenvalue weighted by molar-refractivity contribution is 0.655. The van der Waals surface area contributed by atoms with Crippen LogP contribution < -0.4 is 5.32 Å². The Labute approximate surface area is 122 Å². The smallest absolute Gasteiger partial charge is 0.0662 e. The minimum absolute atomic E-state index is 0.850. The van der Waals surface area contributed by atoms with Gasteiger partial charge in [0.25, 0.3) is 0 Å². The molecule has 20 heavy (non-hydrogen) atoms. The Hall–Kier alpha value is -1.61. The molecule has 0 saturated carbocycles. The zero-order valence-corrected chi connectivity index (χ0v) is 13.0. The Kier molecular flexibility index (Phi) is 4.96. The number of benzene rings is 1. The second kappa shape index (κ2) is 6.71. The van der Waals surface area contributed by atoms with Gasteiger partial charge < -0.3 is 5.32 Å². The van der Waals surface area contributed by atoms with E-state index in [4.69, 9.17) is 0 Å². The number of nitrogens with zero attached hydrogens (tertiary/aromatic N) is 2. The molecule has 1 N–H and O–H groups in total. The first-order valence-corrected chi connectivity index (χ1v) is 7.47. The number of aromatic nitrogens is 2. The number of nitrogens with one attached hydrogen (secondary N) is 1. The number of hydrogen-bond donors (Lipinski definition) is 1. The van der Waals surface area contributed by atoms with Gasteiger partial charge in [-0.25, -0.2) is 0 Å². The standard InChI is InChI=1S/C17H25N3/c1-5-15-7-9-16(10-8-15)12-20-14(4)17(11-18-6-2)13(3)19-20/h7-10,18H,5-6,11-12H2,1-4H3. The zero-order chi connectivity index (χ0) is 14.5.